The Balaban J connectivity index is 2.02. The minimum atomic E-state index is -3.56. The van der Waals surface area contributed by atoms with E-state index in [1.165, 1.54) is 12.1 Å². The maximum atomic E-state index is 12.7. The maximum absolute atomic E-state index is 12.7. The van der Waals surface area contributed by atoms with Gasteiger partial charge in [-0.05, 0) is 32.0 Å². The molecule has 0 saturated heterocycles. The summed E-state index contributed by atoms with van der Waals surface area (Å²) >= 11 is 0. The van der Waals surface area contributed by atoms with Gasteiger partial charge in [-0.25, -0.2) is 8.42 Å². The van der Waals surface area contributed by atoms with Crippen molar-refractivity contribution in [2.24, 2.45) is 0 Å². The molecule has 2 N–H and O–H groups in total. The summed E-state index contributed by atoms with van der Waals surface area (Å²) in [7, 11) is -3.56. The normalized spacial score (nSPS) is 11.8. The molecule has 0 fully saturated rings. The number of aromatic nitrogens is 2. The predicted molar refractivity (Wildman–Crippen MR) is 92.8 cm³/mol. The zero-order valence-electron chi connectivity index (χ0n) is 13.3. The van der Waals surface area contributed by atoms with Crippen LogP contribution >= 0.6 is 0 Å². The van der Waals surface area contributed by atoms with Crippen molar-refractivity contribution >= 4 is 32.3 Å². The molecule has 6 nitrogen and oxygen atoms in total. The number of sulfone groups is 1. The van der Waals surface area contributed by atoms with Crippen LogP contribution in [0.3, 0.4) is 0 Å². The van der Waals surface area contributed by atoms with Gasteiger partial charge in [-0.15, -0.1) is 0 Å². The zero-order chi connectivity index (χ0) is 17.3. The summed E-state index contributed by atoms with van der Waals surface area (Å²) in [5.74, 6) is -0.475. The number of hydrogen-bond donors (Lipinski definition) is 2. The lowest BCUT2D eigenvalue weighted by molar-refractivity contribution is 0.102. The number of hydrogen-bond acceptors (Lipinski definition) is 4. The fourth-order valence-corrected chi connectivity index (χ4v) is 3.66. The first-order valence-corrected chi connectivity index (χ1v) is 9.02. The van der Waals surface area contributed by atoms with E-state index in [2.05, 4.69) is 15.5 Å². The van der Waals surface area contributed by atoms with E-state index in [1.54, 1.807) is 44.3 Å². The molecule has 1 aromatic heterocycles. The van der Waals surface area contributed by atoms with Crippen LogP contribution in [0, 0.1) is 0 Å². The summed E-state index contributed by atoms with van der Waals surface area (Å²) in [5.41, 5.74) is 1.37. The number of amides is 1. The highest BCUT2D eigenvalue weighted by atomic mass is 32.2. The molecule has 0 unspecified atom stereocenters. The van der Waals surface area contributed by atoms with Gasteiger partial charge >= 0.3 is 0 Å². The number of benzene rings is 2. The van der Waals surface area contributed by atoms with Gasteiger partial charge in [0.15, 0.2) is 9.84 Å². The highest BCUT2D eigenvalue weighted by molar-refractivity contribution is 7.92. The Labute approximate surface area is 139 Å². The second-order valence-electron chi connectivity index (χ2n) is 5.68. The Kier molecular flexibility index (Phi) is 4.11. The van der Waals surface area contributed by atoms with E-state index in [9.17, 15) is 13.2 Å². The highest BCUT2D eigenvalue weighted by Crippen LogP contribution is 2.24. The van der Waals surface area contributed by atoms with Crippen LogP contribution in [0.4, 0.5) is 5.69 Å². The molecule has 0 saturated carbocycles. The topological polar surface area (TPSA) is 91.9 Å². The second kappa shape index (κ2) is 6.09. The van der Waals surface area contributed by atoms with Gasteiger partial charge in [0.1, 0.15) is 0 Å². The molecule has 0 aliphatic carbocycles. The Hall–Kier alpha value is -2.67. The lowest BCUT2D eigenvalue weighted by Gasteiger charge is -2.13. The van der Waals surface area contributed by atoms with E-state index in [4.69, 9.17) is 0 Å². The molecule has 0 spiro atoms. The van der Waals surface area contributed by atoms with Crippen molar-refractivity contribution in [1.29, 1.82) is 0 Å². The van der Waals surface area contributed by atoms with Crippen LogP contribution < -0.4 is 5.32 Å². The maximum Gasteiger partial charge on any atom is 0.257 e. The minimum absolute atomic E-state index is 0.0364. The first-order valence-electron chi connectivity index (χ1n) is 7.47. The van der Waals surface area contributed by atoms with Crippen molar-refractivity contribution in [3.8, 4) is 0 Å². The first kappa shape index (κ1) is 16.2. The van der Waals surface area contributed by atoms with Crippen molar-refractivity contribution in [2.75, 3.05) is 5.32 Å². The molecule has 0 aliphatic heterocycles. The third-order valence-electron chi connectivity index (χ3n) is 3.78. The molecule has 7 heteroatoms. The van der Waals surface area contributed by atoms with Crippen molar-refractivity contribution < 1.29 is 13.2 Å². The number of nitrogens with zero attached hydrogens (tertiary/aromatic N) is 1. The summed E-state index contributed by atoms with van der Waals surface area (Å²) < 4.78 is 25.0. The number of aromatic amines is 1. The van der Waals surface area contributed by atoms with Crippen molar-refractivity contribution in [3.63, 3.8) is 0 Å². The third kappa shape index (κ3) is 2.78. The fraction of sp³-hybridized carbons (Fsp3) is 0.176. The van der Waals surface area contributed by atoms with Gasteiger partial charge < -0.3 is 5.32 Å². The number of anilines is 1. The SMILES string of the molecule is CC(C)S(=O)(=O)c1ccccc1C(=O)Nc1cccc2cn[nH]c12. The van der Waals surface area contributed by atoms with Crippen molar-refractivity contribution in [3.05, 3.63) is 54.2 Å². The minimum Gasteiger partial charge on any atom is -0.320 e. The largest absolute Gasteiger partial charge is 0.320 e. The number of fused-ring (bicyclic) bond motifs is 1. The predicted octanol–water partition coefficient (Wildman–Crippen LogP) is 3.00. The third-order valence-corrected chi connectivity index (χ3v) is 5.99. The second-order valence-corrected chi connectivity index (χ2v) is 8.16. The van der Waals surface area contributed by atoms with Gasteiger partial charge in [0.05, 0.1) is 33.1 Å². The van der Waals surface area contributed by atoms with Crippen LogP contribution in [0.1, 0.15) is 24.2 Å². The molecule has 0 radical (unpaired) electrons. The molecule has 1 amide bonds. The Morgan fingerprint density at radius 1 is 1.12 bits per heavy atom. The van der Waals surface area contributed by atoms with E-state index < -0.39 is 21.0 Å². The molecule has 3 rings (SSSR count). The van der Waals surface area contributed by atoms with Crippen molar-refractivity contribution in [2.45, 2.75) is 24.0 Å². The summed E-state index contributed by atoms with van der Waals surface area (Å²) in [6.07, 6.45) is 1.65. The Morgan fingerprint density at radius 3 is 2.62 bits per heavy atom. The van der Waals surface area contributed by atoms with E-state index in [0.717, 1.165) is 5.39 Å². The molecule has 1 heterocycles. The number of carbonyl (C=O) groups is 1. The molecule has 24 heavy (non-hydrogen) atoms. The number of nitrogens with one attached hydrogen (secondary N) is 2. The number of carbonyl (C=O) groups excluding carboxylic acids is 1. The van der Waals surface area contributed by atoms with Gasteiger partial charge in [-0.1, -0.05) is 24.3 Å². The quantitative estimate of drug-likeness (QED) is 0.762. The van der Waals surface area contributed by atoms with Gasteiger partial charge in [-0.3, -0.25) is 9.89 Å². The van der Waals surface area contributed by atoms with Crippen LogP contribution in [-0.2, 0) is 9.84 Å². The van der Waals surface area contributed by atoms with Crippen LogP contribution in [0.5, 0.6) is 0 Å². The first-order chi connectivity index (χ1) is 11.4. The Bertz CT molecular complexity index is 1010. The van der Waals surface area contributed by atoms with Gasteiger partial charge in [-0.2, -0.15) is 5.10 Å². The molecule has 3 aromatic rings. The standard InChI is InChI=1S/C17H17N3O3S/c1-11(2)24(22,23)15-9-4-3-7-13(15)17(21)19-14-8-5-6-12-10-18-20-16(12)14/h3-11H,1-2H3,(H,18,20)(H,19,21). The number of para-hydroxylation sites is 1. The average molecular weight is 343 g/mol. The zero-order valence-corrected chi connectivity index (χ0v) is 14.1. The van der Waals surface area contributed by atoms with Crippen molar-refractivity contribution in [1.82, 2.24) is 10.2 Å². The average Bonchev–Trinajstić information content (AvgIpc) is 3.04. The van der Waals surface area contributed by atoms with Crippen LogP contribution in [0.2, 0.25) is 0 Å². The van der Waals surface area contributed by atoms with Crippen LogP contribution in [-0.4, -0.2) is 29.8 Å². The summed E-state index contributed by atoms with van der Waals surface area (Å²) in [6.45, 7) is 3.19. The summed E-state index contributed by atoms with van der Waals surface area (Å²) in [4.78, 5) is 12.7. The van der Waals surface area contributed by atoms with Gasteiger partial charge in [0.2, 0.25) is 0 Å². The summed E-state index contributed by atoms with van der Waals surface area (Å²) in [6, 6.07) is 11.6. The van der Waals surface area contributed by atoms with E-state index >= 15 is 0 Å². The molecular weight excluding hydrogens is 326 g/mol. The van der Waals surface area contributed by atoms with Crippen LogP contribution in [0.15, 0.2) is 53.6 Å². The molecule has 0 aliphatic rings. The lowest BCUT2D eigenvalue weighted by atomic mass is 10.2. The molecule has 0 atom stereocenters. The van der Waals surface area contributed by atoms with E-state index in [-0.39, 0.29) is 10.5 Å². The van der Waals surface area contributed by atoms with E-state index in [1.807, 2.05) is 6.07 Å². The monoisotopic (exact) mass is 343 g/mol. The number of rotatable bonds is 4. The molecular formula is C17H17N3O3S. The van der Waals surface area contributed by atoms with Gasteiger partial charge in [0.25, 0.3) is 5.91 Å². The Morgan fingerprint density at radius 2 is 1.88 bits per heavy atom. The fourth-order valence-electron chi connectivity index (χ4n) is 2.42. The van der Waals surface area contributed by atoms with Crippen LogP contribution in [0.25, 0.3) is 10.9 Å². The van der Waals surface area contributed by atoms with Gasteiger partial charge in [0, 0.05) is 5.39 Å². The molecule has 0 bridgehead atoms. The highest BCUT2D eigenvalue weighted by Gasteiger charge is 2.25. The lowest BCUT2D eigenvalue weighted by Crippen LogP contribution is -2.20. The van der Waals surface area contributed by atoms with E-state index in [0.29, 0.717) is 11.2 Å². The smallest absolute Gasteiger partial charge is 0.257 e. The molecule has 124 valence electrons. The molecule has 2 aromatic carbocycles. The number of H-pyrrole nitrogens is 1. The summed E-state index contributed by atoms with van der Waals surface area (Å²) in [5, 5.41) is 9.79.